The van der Waals surface area contributed by atoms with Crippen LogP contribution in [0.15, 0.2) is 108 Å². The molecule has 208 valence electrons. The van der Waals surface area contributed by atoms with E-state index in [1.165, 1.54) is 11.8 Å². The Labute approximate surface area is 253 Å². The minimum Gasteiger partial charge on any atom is -0.324 e. The van der Waals surface area contributed by atoms with Gasteiger partial charge in [0, 0.05) is 16.1 Å². The molecular formula is C32H27Cl2N3O3S. The van der Waals surface area contributed by atoms with Gasteiger partial charge in [0.2, 0.25) is 5.91 Å². The average Bonchev–Trinajstić information content (AvgIpc) is 2.97. The smallest absolute Gasteiger partial charge is 0.272 e. The number of halogens is 2. The summed E-state index contributed by atoms with van der Waals surface area (Å²) in [5, 5.41) is 8.59. The molecule has 6 nitrogen and oxygen atoms in total. The van der Waals surface area contributed by atoms with Crippen LogP contribution in [-0.4, -0.2) is 23.0 Å². The first kappa shape index (κ1) is 29.9. The number of hydrogen-bond donors (Lipinski definition) is 3. The van der Waals surface area contributed by atoms with E-state index in [-0.39, 0.29) is 16.6 Å². The second-order valence-electron chi connectivity index (χ2n) is 9.12. The molecule has 3 amide bonds. The Morgan fingerprint density at radius 1 is 0.805 bits per heavy atom. The van der Waals surface area contributed by atoms with Crippen LogP contribution in [0.5, 0.6) is 0 Å². The van der Waals surface area contributed by atoms with E-state index in [9.17, 15) is 14.4 Å². The Balaban J connectivity index is 1.43. The van der Waals surface area contributed by atoms with E-state index < -0.39 is 17.1 Å². The summed E-state index contributed by atoms with van der Waals surface area (Å²) >= 11 is 13.6. The minimum absolute atomic E-state index is 0.103. The van der Waals surface area contributed by atoms with Gasteiger partial charge in [-0.25, -0.2) is 0 Å². The van der Waals surface area contributed by atoms with Crippen LogP contribution in [-0.2, 0) is 9.59 Å². The lowest BCUT2D eigenvalue weighted by Crippen LogP contribution is -2.30. The maximum absolute atomic E-state index is 13.3. The number of nitrogens with one attached hydrogen (secondary N) is 3. The molecule has 0 aliphatic rings. The third-order valence-corrected chi connectivity index (χ3v) is 7.85. The lowest BCUT2D eigenvalue weighted by Gasteiger charge is -2.14. The van der Waals surface area contributed by atoms with Crippen LogP contribution in [0.25, 0.3) is 6.08 Å². The molecule has 0 saturated carbocycles. The SMILES string of the molecule is Cc1ccc(/C=C(\NC(=O)c2ccccc2)C(=O)Nc2ccc(SC(C)C(=O)Nc3cccc(Cl)c3Cl)cc2)cc1. The number of benzene rings is 4. The van der Waals surface area contributed by atoms with Crippen LogP contribution in [0, 0.1) is 6.92 Å². The predicted molar refractivity (Wildman–Crippen MR) is 169 cm³/mol. The molecule has 41 heavy (non-hydrogen) atoms. The quantitative estimate of drug-likeness (QED) is 0.134. The predicted octanol–water partition coefficient (Wildman–Crippen LogP) is 7.83. The molecule has 4 aromatic rings. The normalized spacial score (nSPS) is 11.9. The maximum atomic E-state index is 13.3. The Hall–Kier alpha value is -4.04. The zero-order chi connectivity index (χ0) is 29.4. The largest absolute Gasteiger partial charge is 0.324 e. The zero-order valence-corrected chi connectivity index (χ0v) is 24.6. The summed E-state index contributed by atoms with van der Waals surface area (Å²) in [5.74, 6) is -1.09. The van der Waals surface area contributed by atoms with Crippen molar-refractivity contribution in [3.63, 3.8) is 0 Å². The van der Waals surface area contributed by atoms with Crippen molar-refractivity contribution >= 4 is 70.1 Å². The van der Waals surface area contributed by atoms with Crippen LogP contribution in [0.4, 0.5) is 11.4 Å². The molecule has 0 bridgehead atoms. The number of aryl methyl sites for hydroxylation is 1. The van der Waals surface area contributed by atoms with Crippen molar-refractivity contribution in [3.8, 4) is 0 Å². The number of carbonyl (C=O) groups is 3. The third-order valence-electron chi connectivity index (χ3n) is 5.92. The van der Waals surface area contributed by atoms with E-state index >= 15 is 0 Å². The molecule has 0 aromatic heterocycles. The molecular weight excluding hydrogens is 577 g/mol. The molecule has 0 spiro atoms. The van der Waals surface area contributed by atoms with Gasteiger partial charge < -0.3 is 16.0 Å². The minimum atomic E-state index is -0.471. The Bertz CT molecular complexity index is 1570. The zero-order valence-electron chi connectivity index (χ0n) is 22.3. The van der Waals surface area contributed by atoms with Crippen LogP contribution in [0.1, 0.15) is 28.4 Å². The molecule has 0 aliphatic heterocycles. The Morgan fingerprint density at radius 2 is 1.49 bits per heavy atom. The summed E-state index contributed by atoms with van der Waals surface area (Å²) in [4.78, 5) is 39.6. The van der Waals surface area contributed by atoms with Gasteiger partial charge in [0.25, 0.3) is 11.8 Å². The van der Waals surface area contributed by atoms with Crippen molar-refractivity contribution in [2.45, 2.75) is 24.0 Å². The Kier molecular flexibility index (Phi) is 10.2. The summed E-state index contributed by atoms with van der Waals surface area (Å²) in [6.07, 6.45) is 1.63. The molecule has 9 heteroatoms. The second-order valence-corrected chi connectivity index (χ2v) is 11.3. The number of amides is 3. The van der Waals surface area contributed by atoms with Crippen molar-refractivity contribution in [2.24, 2.45) is 0 Å². The van der Waals surface area contributed by atoms with E-state index in [1.54, 1.807) is 67.6 Å². The summed E-state index contributed by atoms with van der Waals surface area (Å²) in [7, 11) is 0. The lowest BCUT2D eigenvalue weighted by molar-refractivity contribution is -0.115. The van der Waals surface area contributed by atoms with Crippen molar-refractivity contribution in [2.75, 3.05) is 10.6 Å². The van der Waals surface area contributed by atoms with E-state index in [1.807, 2.05) is 49.4 Å². The number of carbonyl (C=O) groups excluding carboxylic acids is 3. The summed E-state index contributed by atoms with van der Waals surface area (Å²) in [6, 6.07) is 28.4. The monoisotopic (exact) mass is 603 g/mol. The first-order valence-electron chi connectivity index (χ1n) is 12.7. The first-order chi connectivity index (χ1) is 19.7. The van der Waals surface area contributed by atoms with E-state index in [0.29, 0.717) is 22.0 Å². The van der Waals surface area contributed by atoms with Crippen molar-refractivity contribution in [1.82, 2.24) is 5.32 Å². The van der Waals surface area contributed by atoms with Gasteiger partial charge in [0.15, 0.2) is 0 Å². The van der Waals surface area contributed by atoms with Crippen LogP contribution in [0.2, 0.25) is 10.0 Å². The molecule has 1 unspecified atom stereocenters. The highest BCUT2D eigenvalue weighted by Crippen LogP contribution is 2.31. The Morgan fingerprint density at radius 3 is 2.17 bits per heavy atom. The molecule has 0 heterocycles. The molecule has 0 aliphatic carbocycles. The van der Waals surface area contributed by atoms with Crippen molar-refractivity contribution in [3.05, 3.63) is 129 Å². The van der Waals surface area contributed by atoms with Crippen molar-refractivity contribution < 1.29 is 14.4 Å². The third kappa shape index (κ3) is 8.47. The van der Waals surface area contributed by atoms with Crippen molar-refractivity contribution in [1.29, 1.82) is 0 Å². The van der Waals surface area contributed by atoms with Crippen LogP contribution < -0.4 is 16.0 Å². The van der Waals surface area contributed by atoms with Crippen LogP contribution in [0.3, 0.4) is 0 Å². The highest BCUT2D eigenvalue weighted by Gasteiger charge is 2.18. The van der Waals surface area contributed by atoms with Gasteiger partial charge in [-0.1, -0.05) is 77.3 Å². The number of anilines is 2. The average molecular weight is 605 g/mol. The van der Waals surface area contributed by atoms with E-state index in [0.717, 1.165) is 16.0 Å². The topological polar surface area (TPSA) is 87.3 Å². The van der Waals surface area contributed by atoms with Gasteiger partial charge >= 0.3 is 0 Å². The van der Waals surface area contributed by atoms with Gasteiger partial charge in [-0.3, -0.25) is 14.4 Å². The number of hydrogen-bond acceptors (Lipinski definition) is 4. The second kappa shape index (κ2) is 14.0. The summed E-state index contributed by atoms with van der Waals surface area (Å²) in [5.41, 5.74) is 3.37. The molecule has 0 fully saturated rings. The maximum Gasteiger partial charge on any atom is 0.272 e. The standard InChI is InChI=1S/C32H27Cl2N3O3S/c1-20-11-13-22(14-12-20)19-28(37-31(39)23-7-4-3-5-8-23)32(40)35-24-15-17-25(18-16-24)41-21(2)30(38)36-27-10-6-9-26(33)29(27)34/h3-19,21H,1-2H3,(H,35,40)(H,36,38)(H,37,39)/b28-19-. The highest BCUT2D eigenvalue weighted by atomic mass is 35.5. The van der Waals surface area contributed by atoms with Gasteiger partial charge in [-0.05, 0) is 74.0 Å². The van der Waals surface area contributed by atoms with Gasteiger partial charge in [0.1, 0.15) is 5.70 Å². The van der Waals surface area contributed by atoms with Gasteiger partial charge in [-0.2, -0.15) is 0 Å². The highest BCUT2D eigenvalue weighted by molar-refractivity contribution is 8.00. The lowest BCUT2D eigenvalue weighted by atomic mass is 10.1. The molecule has 4 aromatic carbocycles. The van der Waals surface area contributed by atoms with Crippen LogP contribution >= 0.6 is 35.0 Å². The number of rotatable bonds is 9. The molecule has 0 radical (unpaired) electrons. The molecule has 3 N–H and O–H groups in total. The summed E-state index contributed by atoms with van der Waals surface area (Å²) < 4.78 is 0. The molecule has 0 saturated heterocycles. The molecule has 1 atom stereocenters. The number of thioether (sulfide) groups is 1. The fraction of sp³-hybridized carbons (Fsp3) is 0.0938. The summed E-state index contributed by atoms with van der Waals surface area (Å²) in [6.45, 7) is 3.76. The fourth-order valence-corrected chi connectivity index (χ4v) is 4.89. The fourth-order valence-electron chi connectivity index (χ4n) is 3.68. The molecule has 4 rings (SSSR count). The van der Waals surface area contributed by atoms with Gasteiger partial charge in [-0.15, -0.1) is 11.8 Å². The van der Waals surface area contributed by atoms with Gasteiger partial charge in [0.05, 0.1) is 21.0 Å². The van der Waals surface area contributed by atoms with E-state index in [2.05, 4.69) is 16.0 Å². The van der Waals surface area contributed by atoms with E-state index in [4.69, 9.17) is 23.2 Å². The first-order valence-corrected chi connectivity index (χ1v) is 14.3.